The monoisotopic (exact) mass is 245 g/mol. The maximum Gasteiger partial charge on any atom is 0.347 e. The van der Waals surface area contributed by atoms with Crippen molar-refractivity contribution in [2.75, 3.05) is 18.9 Å². The molecule has 0 aliphatic carbocycles. The van der Waals surface area contributed by atoms with E-state index in [4.69, 9.17) is 0 Å². The fourth-order valence-corrected chi connectivity index (χ4v) is 2.27. The summed E-state index contributed by atoms with van der Waals surface area (Å²) in [7, 11) is 1.98. The van der Waals surface area contributed by atoms with E-state index in [1.807, 2.05) is 42.3 Å². The van der Waals surface area contributed by atoms with Crippen LogP contribution in [0.1, 0.15) is 20.3 Å². The summed E-state index contributed by atoms with van der Waals surface area (Å²) in [6.07, 6.45) is 0.839. The second-order valence-corrected chi connectivity index (χ2v) is 5.52. The molecule has 0 spiro atoms. The molecule has 18 heavy (non-hydrogen) atoms. The van der Waals surface area contributed by atoms with Gasteiger partial charge in [0.15, 0.2) is 0 Å². The van der Waals surface area contributed by atoms with Crippen molar-refractivity contribution in [3.63, 3.8) is 0 Å². The summed E-state index contributed by atoms with van der Waals surface area (Å²) in [4.78, 5) is 18.0. The maximum absolute atomic E-state index is 11.8. The van der Waals surface area contributed by atoms with E-state index >= 15 is 0 Å². The molecule has 0 bridgehead atoms. The Labute approximate surface area is 108 Å². The van der Waals surface area contributed by atoms with Crippen LogP contribution in [-0.2, 0) is 0 Å². The summed E-state index contributed by atoms with van der Waals surface area (Å²) in [5, 5.41) is 2.76. The quantitative estimate of drug-likeness (QED) is 0.826. The minimum atomic E-state index is -0.305. The van der Waals surface area contributed by atoms with E-state index in [0.717, 1.165) is 24.5 Å². The Bertz CT molecular complexity index is 465. The van der Waals surface area contributed by atoms with Gasteiger partial charge in [0, 0.05) is 25.7 Å². The molecule has 0 saturated carbocycles. The predicted octanol–water partition coefficient (Wildman–Crippen LogP) is 2.98. The molecular weight excluding hydrogens is 226 g/mol. The first kappa shape index (κ1) is 12.6. The summed E-state index contributed by atoms with van der Waals surface area (Å²) in [6.45, 7) is 5.30. The van der Waals surface area contributed by atoms with Crippen molar-refractivity contribution in [1.29, 1.82) is 0 Å². The van der Waals surface area contributed by atoms with E-state index in [1.54, 1.807) is 0 Å². The smallest absolute Gasteiger partial charge is 0.347 e. The number of likely N-dealkylation sites (tertiary alicyclic amines) is 1. The molecule has 1 N–H and O–H groups in total. The van der Waals surface area contributed by atoms with Crippen LogP contribution in [0.4, 0.5) is 10.5 Å². The Morgan fingerprint density at radius 3 is 2.56 bits per heavy atom. The van der Waals surface area contributed by atoms with Crippen LogP contribution in [0.3, 0.4) is 0 Å². The van der Waals surface area contributed by atoms with Gasteiger partial charge in [-0.1, -0.05) is 32.0 Å². The normalized spacial score (nSPS) is 20.2. The van der Waals surface area contributed by atoms with Gasteiger partial charge in [0.25, 0.3) is 0 Å². The molecule has 4 nitrogen and oxygen atoms in total. The number of urea groups is 1. The SMILES string of the molecule is CN1CC(C)(C)CC1=NC(=O)Nc1ccccc1. The van der Waals surface area contributed by atoms with E-state index in [1.165, 1.54) is 0 Å². The first-order chi connectivity index (χ1) is 8.46. The van der Waals surface area contributed by atoms with E-state index in [2.05, 4.69) is 24.2 Å². The molecule has 4 heteroatoms. The van der Waals surface area contributed by atoms with Gasteiger partial charge in [-0.15, -0.1) is 0 Å². The molecule has 1 aliphatic rings. The lowest BCUT2D eigenvalue weighted by molar-refractivity contribution is 0.259. The van der Waals surface area contributed by atoms with Crippen LogP contribution in [-0.4, -0.2) is 30.4 Å². The molecule has 0 atom stereocenters. The van der Waals surface area contributed by atoms with Crippen molar-refractivity contribution in [2.24, 2.45) is 10.4 Å². The maximum atomic E-state index is 11.8. The third-order valence-corrected chi connectivity index (χ3v) is 3.00. The summed E-state index contributed by atoms with van der Waals surface area (Å²) >= 11 is 0. The predicted molar refractivity (Wildman–Crippen MR) is 73.9 cm³/mol. The highest BCUT2D eigenvalue weighted by Crippen LogP contribution is 2.29. The number of benzene rings is 1. The fourth-order valence-electron chi connectivity index (χ4n) is 2.27. The number of nitrogens with zero attached hydrogens (tertiary/aromatic N) is 2. The molecule has 0 radical (unpaired) electrons. The molecule has 1 heterocycles. The van der Waals surface area contributed by atoms with Crippen LogP contribution in [0, 0.1) is 5.41 Å². The standard InChI is InChI=1S/C14H19N3O/c1-14(2)9-12(17(3)10-14)16-13(18)15-11-7-5-4-6-8-11/h4-8H,9-10H2,1-3H3,(H,15,18). The van der Waals surface area contributed by atoms with Crippen molar-refractivity contribution in [1.82, 2.24) is 4.90 Å². The van der Waals surface area contributed by atoms with Crippen molar-refractivity contribution in [3.8, 4) is 0 Å². The molecule has 2 amide bonds. The summed E-state index contributed by atoms with van der Waals surface area (Å²) in [5.41, 5.74) is 0.965. The molecule has 2 rings (SSSR count). The zero-order chi connectivity index (χ0) is 13.2. The number of anilines is 1. The number of nitrogens with one attached hydrogen (secondary N) is 1. The summed E-state index contributed by atoms with van der Waals surface area (Å²) < 4.78 is 0. The number of amides is 2. The first-order valence-corrected chi connectivity index (χ1v) is 6.11. The molecule has 1 saturated heterocycles. The zero-order valence-electron chi connectivity index (χ0n) is 11.1. The van der Waals surface area contributed by atoms with Crippen LogP contribution in [0.5, 0.6) is 0 Å². The highest BCUT2D eigenvalue weighted by molar-refractivity contribution is 6.00. The number of hydrogen-bond donors (Lipinski definition) is 1. The van der Waals surface area contributed by atoms with Crippen molar-refractivity contribution >= 4 is 17.6 Å². The van der Waals surface area contributed by atoms with Crippen LogP contribution in [0.25, 0.3) is 0 Å². The third-order valence-electron chi connectivity index (χ3n) is 3.00. The highest BCUT2D eigenvalue weighted by Gasteiger charge is 2.32. The molecule has 1 fully saturated rings. The minimum absolute atomic E-state index is 0.195. The van der Waals surface area contributed by atoms with Gasteiger partial charge in [-0.05, 0) is 17.5 Å². The number of carbonyl (C=O) groups excluding carboxylic acids is 1. The lowest BCUT2D eigenvalue weighted by Crippen LogP contribution is -2.23. The van der Waals surface area contributed by atoms with Crippen molar-refractivity contribution in [3.05, 3.63) is 30.3 Å². The minimum Gasteiger partial charge on any atom is -0.362 e. The molecule has 1 aromatic rings. The van der Waals surface area contributed by atoms with Gasteiger partial charge >= 0.3 is 6.03 Å². The van der Waals surface area contributed by atoms with Gasteiger partial charge in [0.1, 0.15) is 5.84 Å². The van der Waals surface area contributed by atoms with Crippen LogP contribution < -0.4 is 5.32 Å². The van der Waals surface area contributed by atoms with Gasteiger partial charge in [-0.25, -0.2) is 4.79 Å². The van der Waals surface area contributed by atoms with Crippen LogP contribution >= 0.6 is 0 Å². The van der Waals surface area contributed by atoms with Gasteiger partial charge in [0.05, 0.1) is 0 Å². The van der Waals surface area contributed by atoms with E-state index in [0.29, 0.717) is 0 Å². The molecular formula is C14H19N3O. The summed E-state index contributed by atoms with van der Waals surface area (Å²) in [6, 6.07) is 9.07. The van der Waals surface area contributed by atoms with E-state index in [-0.39, 0.29) is 11.4 Å². The molecule has 0 aromatic heterocycles. The number of carbonyl (C=O) groups is 1. The average molecular weight is 245 g/mol. The summed E-state index contributed by atoms with van der Waals surface area (Å²) in [5.74, 6) is 0.855. The Morgan fingerprint density at radius 1 is 1.33 bits per heavy atom. The highest BCUT2D eigenvalue weighted by atomic mass is 16.2. The van der Waals surface area contributed by atoms with E-state index < -0.39 is 0 Å². The second kappa shape index (κ2) is 4.80. The topological polar surface area (TPSA) is 44.7 Å². The Balaban J connectivity index is 2.03. The second-order valence-electron chi connectivity index (χ2n) is 5.52. The van der Waals surface area contributed by atoms with Crippen LogP contribution in [0.15, 0.2) is 35.3 Å². The molecule has 96 valence electrons. The zero-order valence-corrected chi connectivity index (χ0v) is 11.1. The van der Waals surface area contributed by atoms with Gasteiger partial charge < -0.3 is 10.2 Å². The van der Waals surface area contributed by atoms with Gasteiger partial charge in [-0.2, -0.15) is 4.99 Å². The Morgan fingerprint density at radius 2 is 2.00 bits per heavy atom. The first-order valence-electron chi connectivity index (χ1n) is 6.11. The van der Waals surface area contributed by atoms with Crippen molar-refractivity contribution < 1.29 is 4.79 Å². The van der Waals surface area contributed by atoms with Crippen LogP contribution in [0.2, 0.25) is 0 Å². The molecule has 1 aliphatic heterocycles. The number of hydrogen-bond acceptors (Lipinski definition) is 1. The number of amidine groups is 1. The fraction of sp³-hybridized carbons (Fsp3) is 0.429. The van der Waals surface area contributed by atoms with Gasteiger partial charge in [-0.3, -0.25) is 0 Å². The lowest BCUT2D eigenvalue weighted by atomic mass is 9.93. The van der Waals surface area contributed by atoms with E-state index in [9.17, 15) is 4.79 Å². The third kappa shape index (κ3) is 3.09. The number of para-hydroxylation sites is 1. The van der Waals surface area contributed by atoms with Gasteiger partial charge in [0.2, 0.25) is 0 Å². The lowest BCUT2D eigenvalue weighted by Gasteiger charge is -2.15. The molecule has 1 aromatic carbocycles. The Hall–Kier alpha value is -1.84. The number of aliphatic imine (C=N–C) groups is 1. The van der Waals surface area contributed by atoms with Crippen molar-refractivity contribution in [2.45, 2.75) is 20.3 Å². The Kier molecular flexibility index (Phi) is 3.36. The largest absolute Gasteiger partial charge is 0.362 e. The average Bonchev–Trinajstić information content (AvgIpc) is 2.53. The molecule has 0 unspecified atom stereocenters. The number of rotatable bonds is 1.